The average Bonchev–Trinajstić information content (AvgIpc) is 3.28. The second-order valence-electron chi connectivity index (χ2n) is 20.7. The Bertz CT molecular complexity index is 834. The van der Waals surface area contributed by atoms with Crippen LogP contribution < -0.4 is 4.57 Å². The van der Waals surface area contributed by atoms with Gasteiger partial charge in [0.2, 0.25) is 0 Å². The molecule has 0 N–H and O–H groups in total. The molecule has 61 heavy (non-hydrogen) atoms. The Kier molecular flexibility index (Phi) is 46.3. The number of hydrogen-bond donors (Lipinski definition) is 0. The molecule has 0 bridgehead atoms. The van der Waals surface area contributed by atoms with Gasteiger partial charge in [-0.25, -0.2) is 0 Å². The second kappa shape index (κ2) is 48.6. The fourth-order valence-corrected chi connectivity index (χ4v) is 10.5. The number of pyridine rings is 1. The van der Waals surface area contributed by atoms with E-state index in [0.717, 1.165) is 0 Å². The van der Waals surface area contributed by atoms with E-state index in [2.05, 4.69) is 55.9 Å². The highest BCUT2D eigenvalue weighted by atomic mass is 15.0. The summed E-state index contributed by atoms with van der Waals surface area (Å²) in [6, 6.07) is 6.85. The molecule has 1 nitrogen and oxygen atoms in total. The molecule has 0 saturated heterocycles. The average molecular weight is 852 g/mol. The molecule has 0 saturated carbocycles. The van der Waals surface area contributed by atoms with Crippen LogP contribution in [0, 0.1) is 0 Å². The van der Waals surface area contributed by atoms with Crippen molar-refractivity contribution in [2.45, 2.75) is 354 Å². The lowest BCUT2D eigenvalue weighted by molar-refractivity contribution is -0.768. The maximum atomic E-state index is 2.70. The zero-order chi connectivity index (χ0) is 43.7. The van der Waals surface area contributed by atoms with E-state index in [1.165, 1.54) is 327 Å². The van der Waals surface area contributed by atoms with E-state index in [9.17, 15) is 0 Å². The molecule has 1 aromatic heterocycles. The minimum absolute atomic E-state index is 0.323. The maximum absolute atomic E-state index is 2.70. The van der Waals surface area contributed by atoms with Crippen molar-refractivity contribution in [2.24, 2.45) is 0 Å². The smallest absolute Gasteiger partial charge is 0.169 e. The molecule has 1 rings (SSSR count). The summed E-state index contributed by atoms with van der Waals surface area (Å²) in [5, 5.41) is 0. The topological polar surface area (TPSA) is 3.88 Å². The van der Waals surface area contributed by atoms with Gasteiger partial charge in [-0.2, -0.15) is 4.57 Å². The van der Waals surface area contributed by atoms with E-state index in [4.69, 9.17) is 0 Å². The van der Waals surface area contributed by atoms with Crippen LogP contribution in [-0.2, 0) is 5.54 Å². The first-order valence-corrected chi connectivity index (χ1v) is 29.3. The molecule has 0 aliphatic rings. The van der Waals surface area contributed by atoms with Crippen LogP contribution in [0.3, 0.4) is 0 Å². The Morgan fingerprint density at radius 3 is 0.557 bits per heavy atom. The largest absolute Gasteiger partial charge is 0.200 e. The highest BCUT2D eigenvalue weighted by Crippen LogP contribution is 2.32. The van der Waals surface area contributed by atoms with Crippen molar-refractivity contribution in [2.75, 3.05) is 0 Å². The van der Waals surface area contributed by atoms with Gasteiger partial charge in [0.15, 0.2) is 17.9 Å². The normalized spacial score (nSPS) is 11.9. The molecule has 0 atom stereocenters. The summed E-state index contributed by atoms with van der Waals surface area (Å²) >= 11 is 0. The number of hydrogen-bond acceptors (Lipinski definition) is 0. The van der Waals surface area contributed by atoms with Crippen LogP contribution in [0.25, 0.3) is 0 Å². The van der Waals surface area contributed by atoms with E-state index in [1.807, 2.05) is 0 Å². The quantitative estimate of drug-likeness (QED) is 0.0454. The molecule has 0 aliphatic heterocycles. The molecule has 1 heterocycles. The standard InChI is InChI=1S/C60H116N/c1-4-7-10-13-16-19-22-25-28-31-34-37-40-43-46-50-55-60(61-58-53-49-54-59-61,56-51-47-44-41-38-35-32-29-26-23-20-17-14-11-8-5-2)57-52-48-45-42-39-36-33-30-27-24-21-18-15-12-9-6-3/h49,53-54,58-59H,4-48,50-52,55-57H2,1-3H3/q+1. The van der Waals surface area contributed by atoms with Crippen molar-refractivity contribution >= 4 is 0 Å². The van der Waals surface area contributed by atoms with Gasteiger partial charge in [0.1, 0.15) is 0 Å². The van der Waals surface area contributed by atoms with Gasteiger partial charge in [0.05, 0.1) is 0 Å². The zero-order valence-electron chi connectivity index (χ0n) is 42.9. The summed E-state index contributed by atoms with van der Waals surface area (Å²) < 4.78 is 2.70. The summed E-state index contributed by atoms with van der Waals surface area (Å²) in [5.41, 5.74) is 0.323. The molecule has 360 valence electrons. The van der Waals surface area contributed by atoms with Crippen molar-refractivity contribution < 1.29 is 4.57 Å². The summed E-state index contributed by atoms with van der Waals surface area (Å²) in [6.07, 6.45) is 78.9. The Morgan fingerprint density at radius 1 is 0.213 bits per heavy atom. The third-order valence-electron chi connectivity index (χ3n) is 14.8. The molecule has 0 spiro atoms. The highest BCUT2D eigenvalue weighted by Gasteiger charge is 2.37. The second-order valence-corrected chi connectivity index (χ2v) is 20.7. The third kappa shape index (κ3) is 39.3. The molecule has 0 aliphatic carbocycles. The first kappa shape index (κ1) is 58.2. The molecular weight excluding hydrogens is 735 g/mol. The third-order valence-corrected chi connectivity index (χ3v) is 14.8. The van der Waals surface area contributed by atoms with Gasteiger partial charge in [-0.05, 0) is 19.3 Å². The van der Waals surface area contributed by atoms with Gasteiger partial charge in [0, 0.05) is 31.4 Å². The van der Waals surface area contributed by atoms with Crippen molar-refractivity contribution in [3.8, 4) is 0 Å². The first-order chi connectivity index (χ1) is 30.3. The summed E-state index contributed by atoms with van der Waals surface area (Å²) in [6.45, 7) is 6.96. The van der Waals surface area contributed by atoms with Gasteiger partial charge in [-0.15, -0.1) is 0 Å². The van der Waals surface area contributed by atoms with E-state index >= 15 is 0 Å². The van der Waals surface area contributed by atoms with Crippen LogP contribution >= 0.6 is 0 Å². The van der Waals surface area contributed by atoms with Gasteiger partial charge < -0.3 is 0 Å². The van der Waals surface area contributed by atoms with Gasteiger partial charge in [0.25, 0.3) is 0 Å². The first-order valence-electron chi connectivity index (χ1n) is 29.3. The Hall–Kier alpha value is -0.850. The maximum Gasteiger partial charge on any atom is 0.169 e. The molecule has 1 aromatic rings. The van der Waals surface area contributed by atoms with Gasteiger partial charge in [-0.1, -0.05) is 316 Å². The summed E-state index contributed by atoms with van der Waals surface area (Å²) in [5.74, 6) is 0. The van der Waals surface area contributed by atoms with Crippen LogP contribution in [0.5, 0.6) is 0 Å². The lowest BCUT2D eigenvalue weighted by atomic mass is 9.81. The molecule has 0 amide bonds. The summed E-state index contributed by atoms with van der Waals surface area (Å²) in [7, 11) is 0. The van der Waals surface area contributed by atoms with E-state index in [0.29, 0.717) is 5.54 Å². The number of rotatable bonds is 52. The van der Waals surface area contributed by atoms with Crippen LogP contribution in [0.4, 0.5) is 0 Å². The van der Waals surface area contributed by atoms with Crippen LogP contribution in [0.1, 0.15) is 348 Å². The lowest BCUT2D eigenvalue weighted by Crippen LogP contribution is -2.55. The predicted octanol–water partition coefficient (Wildman–Crippen LogP) is 21.6. The molecule has 1 heteroatoms. The number of unbranched alkanes of at least 4 members (excludes halogenated alkanes) is 45. The Balaban J connectivity index is 2.42. The van der Waals surface area contributed by atoms with E-state index in [-0.39, 0.29) is 0 Å². The number of aromatic nitrogens is 1. The molecule has 0 fully saturated rings. The fraction of sp³-hybridized carbons (Fsp3) is 0.917. The molecule has 0 aromatic carbocycles. The number of nitrogens with zero attached hydrogens (tertiary/aromatic N) is 1. The molecule has 0 unspecified atom stereocenters. The van der Waals surface area contributed by atoms with Crippen molar-refractivity contribution in [1.82, 2.24) is 0 Å². The van der Waals surface area contributed by atoms with Crippen molar-refractivity contribution in [3.05, 3.63) is 30.6 Å². The molecule has 0 radical (unpaired) electrons. The SMILES string of the molecule is CCCCCCCCCCCCCCCCCCC(CCCCCCCCCCCCCCCCCC)(CCCCCCCCCCCCCCCCCC)[n+]1ccccc1. The van der Waals surface area contributed by atoms with Crippen LogP contribution in [0.15, 0.2) is 30.6 Å². The minimum Gasteiger partial charge on any atom is -0.200 e. The van der Waals surface area contributed by atoms with Crippen molar-refractivity contribution in [3.63, 3.8) is 0 Å². The Morgan fingerprint density at radius 2 is 0.377 bits per heavy atom. The fourth-order valence-electron chi connectivity index (χ4n) is 10.5. The summed E-state index contributed by atoms with van der Waals surface area (Å²) in [4.78, 5) is 0. The van der Waals surface area contributed by atoms with Gasteiger partial charge >= 0.3 is 0 Å². The molecular formula is C60H116N+. The Labute approximate surface area is 387 Å². The minimum atomic E-state index is 0.323. The highest BCUT2D eigenvalue weighted by molar-refractivity contribution is 4.86. The lowest BCUT2D eigenvalue weighted by Gasteiger charge is -2.29. The van der Waals surface area contributed by atoms with Crippen LogP contribution in [-0.4, -0.2) is 0 Å². The van der Waals surface area contributed by atoms with E-state index < -0.39 is 0 Å². The van der Waals surface area contributed by atoms with Crippen molar-refractivity contribution in [1.29, 1.82) is 0 Å². The van der Waals surface area contributed by atoms with E-state index in [1.54, 1.807) is 0 Å². The zero-order valence-corrected chi connectivity index (χ0v) is 42.9. The van der Waals surface area contributed by atoms with Gasteiger partial charge in [-0.3, -0.25) is 0 Å². The predicted molar refractivity (Wildman–Crippen MR) is 277 cm³/mol. The van der Waals surface area contributed by atoms with Crippen LogP contribution in [0.2, 0.25) is 0 Å². The monoisotopic (exact) mass is 851 g/mol.